The van der Waals surface area contributed by atoms with E-state index in [0.717, 1.165) is 0 Å². The smallest absolute Gasteiger partial charge is 0.172 e. The Hall–Kier alpha value is -1.29. The molecule has 2 fully saturated rings. The highest BCUT2D eigenvalue weighted by Gasteiger charge is 2.43. The number of allylic oxidation sites excluding steroid dienone is 1. The number of hydrogen-bond acceptors (Lipinski definition) is 4. The lowest BCUT2D eigenvalue weighted by Gasteiger charge is -2.29. The van der Waals surface area contributed by atoms with Crippen LogP contribution in [0.1, 0.15) is 39.0 Å². The second kappa shape index (κ2) is 6.75. The molecule has 0 radical (unpaired) electrons. The second-order valence-electron chi connectivity index (χ2n) is 5.46. The normalized spacial score (nSPS) is 28.0. The fourth-order valence-corrected chi connectivity index (χ4v) is 2.50. The molecular weight excluding hydrogens is 242 g/mol. The fourth-order valence-electron chi connectivity index (χ4n) is 2.50. The summed E-state index contributed by atoms with van der Waals surface area (Å²) in [6.07, 6.45) is 3.95. The quantitative estimate of drug-likeness (QED) is 0.434. The molecule has 1 heterocycles. The van der Waals surface area contributed by atoms with Gasteiger partial charge in [-0.3, -0.25) is 9.59 Å². The van der Waals surface area contributed by atoms with Crippen molar-refractivity contribution in [1.29, 1.82) is 0 Å². The summed E-state index contributed by atoms with van der Waals surface area (Å²) in [6.45, 7) is 7.88. The number of aldehydes is 1. The van der Waals surface area contributed by atoms with Crippen LogP contribution in [0.5, 0.6) is 0 Å². The molecule has 19 heavy (non-hydrogen) atoms. The Balaban J connectivity index is 0.000000250. The number of likely N-dealkylation sites (tertiary alicyclic amines) is 1. The van der Waals surface area contributed by atoms with Gasteiger partial charge < -0.3 is 9.69 Å². The molecule has 2 aliphatic rings. The Labute approximate surface area is 114 Å². The molecule has 0 aromatic rings. The van der Waals surface area contributed by atoms with Gasteiger partial charge in [0, 0.05) is 12.8 Å². The third-order valence-corrected chi connectivity index (χ3v) is 3.88. The van der Waals surface area contributed by atoms with Gasteiger partial charge in [0.15, 0.2) is 5.78 Å². The van der Waals surface area contributed by atoms with Crippen LogP contribution in [0, 0.1) is 5.41 Å². The summed E-state index contributed by atoms with van der Waals surface area (Å²) in [6, 6.07) is 0. The summed E-state index contributed by atoms with van der Waals surface area (Å²) < 4.78 is 0. The molecule has 1 saturated carbocycles. The first kappa shape index (κ1) is 15.8. The Morgan fingerprint density at radius 3 is 2.26 bits per heavy atom. The Morgan fingerprint density at radius 2 is 1.89 bits per heavy atom. The molecule has 4 nitrogen and oxygen atoms in total. The molecule has 0 bridgehead atoms. The molecular formula is C15H23NO3. The molecule has 106 valence electrons. The molecule has 1 aliphatic carbocycles. The van der Waals surface area contributed by atoms with Crippen molar-refractivity contribution in [3.05, 3.63) is 12.2 Å². The van der Waals surface area contributed by atoms with Crippen molar-refractivity contribution in [2.24, 2.45) is 5.41 Å². The van der Waals surface area contributed by atoms with Crippen LogP contribution in [-0.2, 0) is 14.4 Å². The van der Waals surface area contributed by atoms with Gasteiger partial charge in [-0.2, -0.15) is 0 Å². The van der Waals surface area contributed by atoms with Gasteiger partial charge in [-0.1, -0.05) is 13.5 Å². The summed E-state index contributed by atoms with van der Waals surface area (Å²) in [4.78, 5) is 35.9. The number of carbonyl (C=O) groups is 3. The van der Waals surface area contributed by atoms with Crippen molar-refractivity contribution in [2.75, 3.05) is 20.1 Å². The topological polar surface area (TPSA) is 54.5 Å². The number of nitrogens with zero attached hydrogens (tertiary/aromatic N) is 1. The first-order chi connectivity index (χ1) is 8.95. The highest BCUT2D eigenvalue weighted by molar-refractivity contribution is 6.15. The molecule has 1 unspecified atom stereocenters. The number of Topliss-reactive ketones (excluding diaryl/α,β-unsaturated/α-hetero) is 2. The van der Waals surface area contributed by atoms with Gasteiger partial charge in [0.05, 0.1) is 5.41 Å². The Morgan fingerprint density at radius 1 is 1.32 bits per heavy atom. The third kappa shape index (κ3) is 3.83. The Kier molecular flexibility index (Phi) is 5.60. The lowest BCUT2D eigenvalue weighted by molar-refractivity contribution is -0.140. The molecule has 0 amide bonds. The van der Waals surface area contributed by atoms with E-state index in [0.29, 0.717) is 12.7 Å². The van der Waals surface area contributed by atoms with E-state index in [1.165, 1.54) is 25.9 Å². The SMILES string of the molecule is C=C1CC(=O)CC(C=O)(CC)C1=O.CN1CCCC1. The van der Waals surface area contributed by atoms with E-state index in [1.54, 1.807) is 6.92 Å². The first-order valence-electron chi connectivity index (χ1n) is 6.84. The summed E-state index contributed by atoms with van der Waals surface area (Å²) in [5.41, 5.74) is -0.836. The van der Waals surface area contributed by atoms with E-state index < -0.39 is 5.41 Å². The minimum absolute atomic E-state index is 0.0465. The maximum absolute atomic E-state index is 11.6. The minimum Gasteiger partial charge on any atom is -0.306 e. The summed E-state index contributed by atoms with van der Waals surface area (Å²) >= 11 is 0. The van der Waals surface area contributed by atoms with Crippen molar-refractivity contribution >= 4 is 17.9 Å². The van der Waals surface area contributed by atoms with Gasteiger partial charge >= 0.3 is 0 Å². The predicted octanol–water partition coefficient (Wildman–Crippen LogP) is 1.78. The number of rotatable bonds is 2. The second-order valence-corrected chi connectivity index (χ2v) is 5.46. The first-order valence-corrected chi connectivity index (χ1v) is 6.84. The fraction of sp³-hybridized carbons (Fsp3) is 0.667. The number of ketones is 2. The van der Waals surface area contributed by atoms with Gasteiger partial charge in [-0.05, 0) is 45.0 Å². The third-order valence-electron chi connectivity index (χ3n) is 3.88. The van der Waals surface area contributed by atoms with Crippen LogP contribution < -0.4 is 0 Å². The highest BCUT2D eigenvalue weighted by Crippen LogP contribution is 2.34. The summed E-state index contributed by atoms with van der Waals surface area (Å²) in [7, 11) is 2.17. The molecule has 0 aromatic carbocycles. The van der Waals surface area contributed by atoms with E-state index in [1.807, 2.05) is 0 Å². The number of hydrogen-bond donors (Lipinski definition) is 0. The monoisotopic (exact) mass is 265 g/mol. The van der Waals surface area contributed by atoms with Gasteiger partial charge in [-0.15, -0.1) is 0 Å². The van der Waals surface area contributed by atoms with E-state index in [9.17, 15) is 14.4 Å². The molecule has 1 aliphatic heterocycles. The summed E-state index contributed by atoms with van der Waals surface area (Å²) in [5.74, 6) is -0.330. The van der Waals surface area contributed by atoms with Crippen molar-refractivity contribution in [1.82, 2.24) is 4.90 Å². The lowest BCUT2D eigenvalue weighted by atomic mass is 9.70. The van der Waals surface area contributed by atoms with Crippen LogP contribution in [0.3, 0.4) is 0 Å². The lowest BCUT2D eigenvalue weighted by Crippen LogP contribution is -2.40. The molecule has 0 aromatic heterocycles. The largest absolute Gasteiger partial charge is 0.306 e. The molecule has 4 heteroatoms. The standard InChI is InChI=1S/C10H12O3.C5H11N/c1-3-10(6-11)5-8(12)4-7(2)9(10)13;1-6-4-2-3-5-6/h6H,2-5H2,1H3;2-5H2,1H3. The van der Waals surface area contributed by atoms with Crippen LogP contribution in [0.2, 0.25) is 0 Å². The summed E-state index contributed by atoms with van der Waals surface area (Å²) in [5, 5.41) is 0. The van der Waals surface area contributed by atoms with Crippen molar-refractivity contribution in [2.45, 2.75) is 39.0 Å². The van der Waals surface area contributed by atoms with E-state index >= 15 is 0 Å². The average molecular weight is 265 g/mol. The van der Waals surface area contributed by atoms with Crippen molar-refractivity contribution < 1.29 is 14.4 Å². The van der Waals surface area contributed by atoms with Gasteiger partial charge in [0.25, 0.3) is 0 Å². The van der Waals surface area contributed by atoms with E-state index in [2.05, 4.69) is 18.5 Å². The van der Waals surface area contributed by atoms with Gasteiger partial charge in [0.2, 0.25) is 0 Å². The molecule has 0 spiro atoms. The molecule has 0 N–H and O–H groups in total. The number of carbonyl (C=O) groups excluding carboxylic acids is 3. The van der Waals surface area contributed by atoms with Crippen molar-refractivity contribution in [3.63, 3.8) is 0 Å². The van der Waals surface area contributed by atoms with Crippen LogP contribution in [0.25, 0.3) is 0 Å². The Bertz CT molecular complexity index is 383. The average Bonchev–Trinajstić information content (AvgIpc) is 2.86. The molecule has 1 saturated heterocycles. The highest BCUT2D eigenvalue weighted by atomic mass is 16.2. The van der Waals surface area contributed by atoms with Crippen LogP contribution in [0.15, 0.2) is 12.2 Å². The zero-order valence-electron chi connectivity index (χ0n) is 11.9. The van der Waals surface area contributed by atoms with Crippen LogP contribution >= 0.6 is 0 Å². The van der Waals surface area contributed by atoms with Crippen LogP contribution in [-0.4, -0.2) is 42.9 Å². The molecule has 2 rings (SSSR count). The zero-order chi connectivity index (χ0) is 14.5. The minimum atomic E-state index is -1.10. The molecule has 1 atom stereocenters. The van der Waals surface area contributed by atoms with Gasteiger partial charge in [0.1, 0.15) is 12.1 Å². The maximum Gasteiger partial charge on any atom is 0.172 e. The predicted molar refractivity (Wildman–Crippen MR) is 73.9 cm³/mol. The zero-order valence-corrected chi connectivity index (χ0v) is 11.9. The van der Waals surface area contributed by atoms with E-state index in [-0.39, 0.29) is 30.0 Å². The maximum atomic E-state index is 11.6. The van der Waals surface area contributed by atoms with Gasteiger partial charge in [-0.25, -0.2) is 0 Å². The van der Waals surface area contributed by atoms with E-state index in [4.69, 9.17) is 0 Å². The van der Waals surface area contributed by atoms with Crippen molar-refractivity contribution in [3.8, 4) is 0 Å². The van der Waals surface area contributed by atoms with Crippen LogP contribution in [0.4, 0.5) is 0 Å².